The number of nitrogen functional groups attached to an aromatic ring is 1. The van der Waals surface area contributed by atoms with E-state index in [0.717, 1.165) is 25.5 Å². The van der Waals surface area contributed by atoms with Crippen molar-refractivity contribution in [3.8, 4) is 0 Å². The van der Waals surface area contributed by atoms with Crippen LogP contribution in [0.5, 0.6) is 0 Å². The second-order valence-corrected chi connectivity index (χ2v) is 4.88. The standard InChI is InChI=1S/C12H18F2N4/c1-7-5-8(3-4-18(7)2)16-12-10(14)6-9(13)11(15)17-12/h6-8H,3-5H2,1-2H3,(H3,15,16,17). The minimum absolute atomic E-state index is 0.0376. The fourth-order valence-corrected chi connectivity index (χ4v) is 2.20. The number of nitrogens with two attached hydrogens (primary N) is 1. The van der Waals surface area contributed by atoms with E-state index in [9.17, 15) is 8.78 Å². The van der Waals surface area contributed by atoms with Crippen LogP contribution in [0.4, 0.5) is 20.4 Å². The van der Waals surface area contributed by atoms with Gasteiger partial charge in [0.1, 0.15) is 0 Å². The molecule has 0 aliphatic carbocycles. The molecule has 1 aliphatic rings. The highest BCUT2D eigenvalue weighted by atomic mass is 19.1. The summed E-state index contributed by atoms with van der Waals surface area (Å²) in [4.78, 5) is 5.96. The largest absolute Gasteiger partial charge is 0.381 e. The minimum atomic E-state index is -0.824. The van der Waals surface area contributed by atoms with Crippen LogP contribution in [0.2, 0.25) is 0 Å². The molecule has 2 heterocycles. The van der Waals surface area contributed by atoms with E-state index in [4.69, 9.17) is 5.73 Å². The summed E-state index contributed by atoms with van der Waals surface area (Å²) in [5.41, 5.74) is 5.34. The number of pyridine rings is 1. The molecule has 3 N–H and O–H groups in total. The molecule has 1 saturated heterocycles. The Hall–Kier alpha value is -1.43. The number of rotatable bonds is 2. The van der Waals surface area contributed by atoms with Crippen LogP contribution < -0.4 is 11.1 Å². The van der Waals surface area contributed by atoms with Crippen molar-refractivity contribution in [2.75, 3.05) is 24.6 Å². The van der Waals surface area contributed by atoms with Crippen molar-refractivity contribution >= 4 is 11.6 Å². The molecule has 0 saturated carbocycles. The fourth-order valence-electron chi connectivity index (χ4n) is 2.20. The summed E-state index contributed by atoms with van der Waals surface area (Å²) in [6.45, 7) is 3.06. The van der Waals surface area contributed by atoms with Gasteiger partial charge in [0.05, 0.1) is 0 Å². The topological polar surface area (TPSA) is 54.2 Å². The SMILES string of the molecule is CC1CC(Nc2nc(N)c(F)cc2F)CCN1C. The van der Waals surface area contributed by atoms with Crippen LogP contribution in [0.1, 0.15) is 19.8 Å². The number of halogens is 2. The molecule has 1 aliphatic heterocycles. The van der Waals surface area contributed by atoms with Gasteiger partial charge in [0, 0.05) is 24.7 Å². The second-order valence-electron chi connectivity index (χ2n) is 4.88. The highest BCUT2D eigenvalue weighted by Crippen LogP contribution is 2.22. The first-order valence-corrected chi connectivity index (χ1v) is 6.05. The maximum atomic E-state index is 13.5. The molecule has 2 unspecified atom stereocenters. The van der Waals surface area contributed by atoms with E-state index in [1.807, 2.05) is 0 Å². The van der Waals surface area contributed by atoms with Crippen LogP contribution >= 0.6 is 0 Å². The first-order chi connectivity index (χ1) is 8.47. The summed E-state index contributed by atoms with van der Waals surface area (Å²) in [7, 11) is 2.07. The van der Waals surface area contributed by atoms with Crippen molar-refractivity contribution in [2.45, 2.75) is 31.8 Å². The zero-order chi connectivity index (χ0) is 13.3. The Balaban J connectivity index is 2.08. The number of nitrogens with zero attached hydrogens (tertiary/aromatic N) is 2. The van der Waals surface area contributed by atoms with Gasteiger partial charge < -0.3 is 16.0 Å². The van der Waals surface area contributed by atoms with Gasteiger partial charge in [-0.2, -0.15) is 0 Å². The molecule has 2 rings (SSSR count). The molecule has 0 aromatic carbocycles. The van der Waals surface area contributed by atoms with Gasteiger partial charge in [-0.05, 0) is 26.8 Å². The van der Waals surface area contributed by atoms with Gasteiger partial charge in [0.2, 0.25) is 0 Å². The molecule has 6 heteroatoms. The van der Waals surface area contributed by atoms with Crippen LogP contribution in [0.15, 0.2) is 6.07 Å². The van der Waals surface area contributed by atoms with Gasteiger partial charge in [-0.1, -0.05) is 0 Å². The zero-order valence-corrected chi connectivity index (χ0v) is 10.6. The number of likely N-dealkylation sites (tertiary alicyclic amines) is 1. The molecule has 1 aromatic rings. The van der Waals surface area contributed by atoms with Gasteiger partial charge in [0.25, 0.3) is 0 Å². The Labute approximate surface area is 105 Å². The van der Waals surface area contributed by atoms with Crippen molar-refractivity contribution in [3.05, 3.63) is 17.7 Å². The number of hydrogen-bond donors (Lipinski definition) is 2. The Kier molecular flexibility index (Phi) is 3.65. The van der Waals surface area contributed by atoms with Crippen LogP contribution in [-0.4, -0.2) is 35.6 Å². The molecule has 18 heavy (non-hydrogen) atoms. The van der Waals surface area contributed by atoms with Gasteiger partial charge in [-0.15, -0.1) is 0 Å². The van der Waals surface area contributed by atoms with Crippen LogP contribution in [0.3, 0.4) is 0 Å². The molecule has 100 valence electrons. The van der Waals surface area contributed by atoms with E-state index in [2.05, 4.69) is 29.2 Å². The lowest BCUT2D eigenvalue weighted by Crippen LogP contribution is -2.42. The third-order valence-corrected chi connectivity index (χ3v) is 3.51. The van der Waals surface area contributed by atoms with E-state index < -0.39 is 11.6 Å². The van der Waals surface area contributed by atoms with E-state index >= 15 is 0 Å². The number of nitrogens with one attached hydrogen (secondary N) is 1. The molecule has 4 nitrogen and oxygen atoms in total. The van der Waals surface area contributed by atoms with Crippen LogP contribution in [0, 0.1) is 11.6 Å². The van der Waals surface area contributed by atoms with Crippen molar-refractivity contribution in [1.82, 2.24) is 9.88 Å². The van der Waals surface area contributed by atoms with Crippen LogP contribution in [-0.2, 0) is 0 Å². The first kappa shape index (κ1) is 13.0. The van der Waals surface area contributed by atoms with Gasteiger partial charge in [0.15, 0.2) is 23.3 Å². The van der Waals surface area contributed by atoms with Crippen molar-refractivity contribution in [3.63, 3.8) is 0 Å². The number of aromatic nitrogens is 1. The molecule has 0 radical (unpaired) electrons. The van der Waals surface area contributed by atoms with E-state index in [1.165, 1.54) is 0 Å². The first-order valence-electron chi connectivity index (χ1n) is 6.05. The van der Waals surface area contributed by atoms with Crippen LogP contribution in [0.25, 0.3) is 0 Å². The second kappa shape index (κ2) is 5.06. The predicted octanol–water partition coefficient (Wildman–Crippen LogP) is 1.84. The Morgan fingerprint density at radius 1 is 1.44 bits per heavy atom. The summed E-state index contributed by atoms with van der Waals surface area (Å²) in [6.07, 6.45) is 1.80. The molecule has 1 fully saturated rings. The normalized spacial score (nSPS) is 25.1. The average Bonchev–Trinajstić information content (AvgIpc) is 2.31. The Morgan fingerprint density at radius 2 is 2.17 bits per heavy atom. The smallest absolute Gasteiger partial charge is 0.168 e. The molecular weight excluding hydrogens is 238 g/mol. The molecular formula is C12H18F2N4. The lowest BCUT2D eigenvalue weighted by Gasteiger charge is -2.35. The van der Waals surface area contributed by atoms with E-state index in [-0.39, 0.29) is 17.7 Å². The van der Waals surface area contributed by atoms with E-state index in [1.54, 1.807) is 0 Å². The lowest BCUT2D eigenvalue weighted by molar-refractivity contribution is 0.190. The van der Waals surface area contributed by atoms with Gasteiger partial charge in [-0.3, -0.25) is 0 Å². The maximum absolute atomic E-state index is 13.5. The predicted molar refractivity (Wildman–Crippen MR) is 67.3 cm³/mol. The lowest BCUT2D eigenvalue weighted by atomic mass is 9.99. The number of piperidine rings is 1. The summed E-state index contributed by atoms with van der Waals surface area (Å²) in [5, 5.41) is 3.01. The molecule has 1 aromatic heterocycles. The Bertz CT molecular complexity index is 438. The third-order valence-electron chi connectivity index (χ3n) is 3.51. The highest BCUT2D eigenvalue weighted by molar-refractivity contribution is 5.45. The number of anilines is 2. The van der Waals surface area contributed by atoms with Crippen molar-refractivity contribution in [1.29, 1.82) is 0 Å². The highest BCUT2D eigenvalue weighted by Gasteiger charge is 2.24. The molecule has 0 bridgehead atoms. The molecule has 0 spiro atoms. The quantitative estimate of drug-likeness (QED) is 0.847. The van der Waals surface area contributed by atoms with Crippen molar-refractivity contribution < 1.29 is 8.78 Å². The summed E-state index contributed by atoms with van der Waals surface area (Å²) >= 11 is 0. The van der Waals surface area contributed by atoms with Gasteiger partial charge >= 0.3 is 0 Å². The zero-order valence-electron chi connectivity index (χ0n) is 10.6. The summed E-state index contributed by atoms with van der Waals surface area (Å²) in [6, 6.07) is 1.34. The van der Waals surface area contributed by atoms with E-state index in [0.29, 0.717) is 6.04 Å². The van der Waals surface area contributed by atoms with Crippen molar-refractivity contribution in [2.24, 2.45) is 0 Å². The fraction of sp³-hybridized carbons (Fsp3) is 0.583. The van der Waals surface area contributed by atoms with Gasteiger partial charge in [-0.25, -0.2) is 13.8 Å². The maximum Gasteiger partial charge on any atom is 0.168 e. The minimum Gasteiger partial charge on any atom is -0.381 e. The Morgan fingerprint density at radius 3 is 2.83 bits per heavy atom. The molecule has 0 amide bonds. The monoisotopic (exact) mass is 256 g/mol. The molecule has 2 atom stereocenters. The third kappa shape index (κ3) is 2.69. The summed E-state index contributed by atoms with van der Waals surface area (Å²) < 4.78 is 26.5. The number of hydrogen-bond acceptors (Lipinski definition) is 4. The summed E-state index contributed by atoms with van der Waals surface area (Å²) in [5.74, 6) is -1.77. The average molecular weight is 256 g/mol.